The minimum atomic E-state index is -1.54. The fraction of sp³-hybridized carbons (Fsp3) is 0.667. The third-order valence-corrected chi connectivity index (χ3v) is 2.43. The van der Waals surface area contributed by atoms with Crippen LogP contribution in [-0.2, 0) is 9.22 Å². The lowest BCUT2D eigenvalue weighted by molar-refractivity contribution is -0.113. The van der Waals surface area contributed by atoms with Crippen molar-refractivity contribution in [2.24, 2.45) is 0 Å². The second-order valence-electron chi connectivity index (χ2n) is 3.95. The lowest BCUT2D eigenvalue weighted by Crippen LogP contribution is -2.25. The first-order valence-corrected chi connectivity index (χ1v) is 7.52. The molecule has 0 radical (unpaired) electrons. The van der Waals surface area contributed by atoms with Crippen molar-refractivity contribution < 1.29 is 9.22 Å². The SMILES string of the molecule is CC(=O)C(C)=C(C)O[Si](C)(C)C. The Kier molecular flexibility index (Phi) is 3.71. The molecule has 0 amide bonds. The number of ketones is 1. The molecule has 0 bridgehead atoms. The number of rotatable bonds is 3. The van der Waals surface area contributed by atoms with Crippen LogP contribution in [0.5, 0.6) is 0 Å². The maximum atomic E-state index is 10.9. The highest BCUT2D eigenvalue weighted by molar-refractivity contribution is 6.70. The molecule has 70 valence electrons. The Bertz CT molecular complexity index is 211. The van der Waals surface area contributed by atoms with Gasteiger partial charge in [0.1, 0.15) is 0 Å². The highest BCUT2D eigenvalue weighted by Crippen LogP contribution is 2.13. The van der Waals surface area contributed by atoms with Crippen LogP contribution in [0.1, 0.15) is 20.8 Å². The van der Waals surface area contributed by atoms with Crippen LogP contribution >= 0.6 is 0 Å². The van der Waals surface area contributed by atoms with Gasteiger partial charge in [-0.1, -0.05) is 0 Å². The minimum Gasteiger partial charge on any atom is -0.547 e. The molecule has 0 atom stereocenters. The summed E-state index contributed by atoms with van der Waals surface area (Å²) in [4.78, 5) is 10.9. The number of carbonyl (C=O) groups is 1. The maximum Gasteiger partial charge on any atom is 0.241 e. The molecular weight excluding hydrogens is 168 g/mol. The van der Waals surface area contributed by atoms with Crippen molar-refractivity contribution in [2.45, 2.75) is 40.4 Å². The summed E-state index contributed by atoms with van der Waals surface area (Å²) >= 11 is 0. The molecule has 0 saturated carbocycles. The molecule has 0 rings (SSSR count). The summed E-state index contributed by atoms with van der Waals surface area (Å²) in [7, 11) is -1.54. The Morgan fingerprint density at radius 1 is 1.08 bits per heavy atom. The molecule has 0 aliphatic carbocycles. The Hall–Kier alpha value is -0.573. The van der Waals surface area contributed by atoms with Gasteiger partial charge in [-0.25, -0.2) is 0 Å². The van der Waals surface area contributed by atoms with E-state index in [1.165, 1.54) is 0 Å². The summed E-state index contributed by atoms with van der Waals surface area (Å²) in [5.74, 6) is 0.868. The van der Waals surface area contributed by atoms with Crippen molar-refractivity contribution in [3.63, 3.8) is 0 Å². The quantitative estimate of drug-likeness (QED) is 0.385. The monoisotopic (exact) mass is 186 g/mol. The van der Waals surface area contributed by atoms with Crippen LogP contribution in [0.2, 0.25) is 19.6 Å². The third-order valence-electron chi connectivity index (χ3n) is 1.52. The molecule has 12 heavy (non-hydrogen) atoms. The van der Waals surface area contributed by atoms with Gasteiger partial charge in [0.2, 0.25) is 8.32 Å². The molecular formula is C9H18O2Si. The van der Waals surface area contributed by atoms with Crippen LogP contribution in [0.4, 0.5) is 0 Å². The summed E-state index contributed by atoms with van der Waals surface area (Å²) in [5, 5.41) is 0. The maximum absolute atomic E-state index is 10.9. The van der Waals surface area contributed by atoms with Crippen molar-refractivity contribution in [2.75, 3.05) is 0 Å². The Labute approximate surface area is 75.7 Å². The number of Topliss-reactive ketones (excluding diaryl/α,β-unsaturated/α-hetero) is 1. The predicted octanol–water partition coefficient (Wildman–Crippen LogP) is 2.72. The first-order valence-electron chi connectivity index (χ1n) is 4.11. The van der Waals surface area contributed by atoms with E-state index in [2.05, 4.69) is 19.6 Å². The molecule has 0 saturated heterocycles. The molecule has 2 nitrogen and oxygen atoms in total. The van der Waals surface area contributed by atoms with Crippen molar-refractivity contribution in [3.05, 3.63) is 11.3 Å². The van der Waals surface area contributed by atoms with Crippen LogP contribution in [-0.4, -0.2) is 14.1 Å². The van der Waals surface area contributed by atoms with E-state index >= 15 is 0 Å². The first kappa shape index (κ1) is 11.4. The second-order valence-corrected chi connectivity index (χ2v) is 8.38. The minimum absolute atomic E-state index is 0.0887. The lowest BCUT2D eigenvalue weighted by atomic mass is 10.2. The Balaban J connectivity index is 4.49. The molecule has 0 aromatic carbocycles. The zero-order valence-corrected chi connectivity index (χ0v) is 9.82. The average Bonchev–Trinajstić information content (AvgIpc) is 1.82. The first-order chi connectivity index (χ1) is 5.24. The molecule has 0 aromatic heterocycles. The fourth-order valence-corrected chi connectivity index (χ4v) is 1.86. The van der Waals surface area contributed by atoms with Crippen LogP contribution in [0.25, 0.3) is 0 Å². The number of hydrogen-bond acceptors (Lipinski definition) is 2. The Morgan fingerprint density at radius 2 is 1.50 bits per heavy atom. The Morgan fingerprint density at radius 3 is 1.75 bits per heavy atom. The van der Waals surface area contributed by atoms with Crippen molar-refractivity contribution >= 4 is 14.1 Å². The van der Waals surface area contributed by atoms with Gasteiger partial charge in [0.05, 0.1) is 5.76 Å². The summed E-state index contributed by atoms with van der Waals surface area (Å²) in [5.41, 5.74) is 0.734. The number of carbonyl (C=O) groups excluding carboxylic acids is 1. The highest BCUT2D eigenvalue weighted by Gasteiger charge is 2.17. The van der Waals surface area contributed by atoms with E-state index in [1.54, 1.807) is 13.8 Å². The number of hydrogen-bond donors (Lipinski definition) is 0. The second kappa shape index (κ2) is 3.89. The zero-order valence-electron chi connectivity index (χ0n) is 8.82. The molecule has 0 aliphatic heterocycles. The molecule has 0 fully saturated rings. The molecule has 0 unspecified atom stereocenters. The van der Waals surface area contributed by atoms with E-state index < -0.39 is 8.32 Å². The van der Waals surface area contributed by atoms with Gasteiger partial charge in [0.15, 0.2) is 5.78 Å². The van der Waals surface area contributed by atoms with E-state index in [0.29, 0.717) is 0 Å². The summed E-state index contributed by atoms with van der Waals surface area (Å²) in [6, 6.07) is 0. The highest BCUT2D eigenvalue weighted by atomic mass is 28.4. The van der Waals surface area contributed by atoms with E-state index in [4.69, 9.17) is 4.43 Å². The third kappa shape index (κ3) is 4.33. The molecule has 0 aromatic rings. The van der Waals surface area contributed by atoms with Crippen molar-refractivity contribution in [1.82, 2.24) is 0 Å². The molecule has 0 aliphatic rings. The van der Waals surface area contributed by atoms with E-state index in [0.717, 1.165) is 11.3 Å². The average molecular weight is 186 g/mol. The summed E-state index contributed by atoms with van der Waals surface area (Å²) in [6.45, 7) is 11.5. The summed E-state index contributed by atoms with van der Waals surface area (Å²) in [6.07, 6.45) is 0. The lowest BCUT2D eigenvalue weighted by Gasteiger charge is -2.20. The van der Waals surface area contributed by atoms with Crippen LogP contribution in [0.15, 0.2) is 11.3 Å². The van der Waals surface area contributed by atoms with Gasteiger partial charge in [-0.2, -0.15) is 0 Å². The zero-order chi connectivity index (χ0) is 9.94. The van der Waals surface area contributed by atoms with Gasteiger partial charge < -0.3 is 4.43 Å². The number of allylic oxidation sites excluding steroid dienone is 2. The molecule has 0 N–H and O–H groups in total. The predicted molar refractivity (Wildman–Crippen MR) is 53.5 cm³/mol. The van der Waals surface area contributed by atoms with E-state index in [9.17, 15) is 4.79 Å². The van der Waals surface area contributed by atoms with Gasteiger partial charge in [-0.05, 0) is 40.4 Å². The van der Waals surface area contributed by atoms with E-state index in [-0.39, 0.29) is 5.78 Å². The van der Waals surface area contributed by atoms with E-state index in [1.807, 2.05) is 6.92 Å². The summed E-state index contributed by atoms with van der Waals surface area (Å²) < 4.78 is 5.66. The van der Waals surface area contributed by atoms with Crippen LogP contribution < -0.4 is 0 Å². The van der Waals surface area contributed by atoms with Gasteiger partial charge in [-0.15, -0.1) is 0 Å². The largest absolute Gasteiger partial charge is 0.547 e. The van der Waals surface area contributed by atoms with Crippen LogP contribution in [0.3, 0.4) is 0 Å². The standard InChI is InChI=1S/C9H18O2Si/c1-7(8(2)10)9(3)11-12(4,5)6/h1-6H3. The fourth-order valence-electron chi connectivity index (χ4n) is 0.784. The molecule has 3 heteroatoms. The van der Waals surface area contributed by atoms with Gasteiger partial charge in [0, 0.05) is 5.57 Å². The van der Waals surface area contributed by atoms with Gasteiger partial charge >= 0.3 is 0 Å². The molecule has 0 heterocycles. The smallest absolute Gasteiger partial charge is 0.241 e. The normalized spacial score (nSPS) is 13.8. The van der Waals surface area contributed by atoms with Crippen molar-refractivity contribution in [1.29, 1.82) is 0 Å². The van der Waals surface area contributed by atoms with Gasteiger partial charge in [0.25, 0.3) is 0 Å². The van der Waals surface area contributed by atoms with Crippen molar-refractivity contribution in [3.8, 4) is 0 Å². The van der Waals surface area contributed by atoms with Crippen LogP contribution in [0, 0.1) is 0 Å². The topological polar surface area (TPSA) is 26.3 Å². The van der Waals surface area contributed by atoms with Gasteiger partial charge in [-0.3, -0.25) is 4.79 Å². The molecule has 0 spiro atoms.